The number of likely N-dealkylation sites (tertiary alicyclic amines) is 1. The number of carbonyl (C=O) groups is 1. The Bertz CT molecular complexity index is 391. The van der Waals surface area contributed by atoms with Crippen LogP contribution in [0.3, 0.4) is 0 Å². The van der Waals surface area contributed by atoms with Crippen LogP contribution >= 0.6 is 0 Å². The lowest BCUT2D eigenvalue weighted by Gasteiger charge is -2.21. The molecule has 3 aliphatic rings. The Morgan fingerprint density at radius 1 is 1.17 bits per heavy atom. The van der Waals surface area contributed by atoms with E-state index in [-0.39, 0.29) is 6.03 Å². The maximum absolute atomic E-state index is 12.2. The van der Waals surface area contributed by atoms with Crippen LogP contribution in [0, 0.1) is 17.8 Å². The Morgan fingerprint density at radius 3 is 2.57 bits per heavy atom. The number of urea groups is 1. The van der Waals surface area contributed by atoms with Gasteiger partial charge in [-0.25, -0.2) is 4.79 Å². The van der Waals surface area contributed by atoms with Crippen molar-refractivity contribution in [2.45, 2.75) is 32.1 Å². The number of allylic oxidation sites excluding steroid dienone is 2. The third kappa shape index (κ3) is 4.95. The second kappa shape index (κ2) is 8.69. The number of nitrogens with zero attached hydrogens (tertiary/aromatic N) is 1. The molecule has 0 aromatic heterocycles. The number of hydrogen-bond donors (Lipinski definition) is 1. The lowest BCUT2D eigenvalue weighted by atomic mass is 9.86. The molecule has 2 aliphatic heterocycles. The molecular weight excluding hydrogens is 292 g/mol. The van der Waals surface area contributed by atoms with Crippen molar-refractivity contribution in [3.63, 3.8) is 0 Å². The van der Waals surface area contributed by atoms with Gasteiger partial charge in [0.25, 0.3) is 0 Å². The number of nitrogens with one attached hydrogen (secondary N) is 1. The summed E-state index contributed by atoms with van der Waals surface area (Å²) in [6.45, 7) is 5.85. The average molecular weight is 322 g/mol. The molecule has 3 rings (SSSR count). The zero-order valence-electron chi connectivity index (χ0n) is 14.0. The van der Waals surface area contributed by atoms with E-state index in [0.717, 1.165) is 71.6 Å². The van der Waals surface area contributed by atoms with Crippen molar-refractivity contribution >= 4 is 6.03 Å². The molecule has 0 aromatic carbocycles. The summed E-state index contributed by atoms with van der Waals surface area (Å²) in [4.78, 5) is 14.2. The number of fused-ring (bicyclic) bond motifs is 1. The lowest BCUT2D eigenvalue weighted by Crippen LogP contribution is -2.39. The monoisotopic (exact) mass is 322 g/mol. The van der Waals surface area contributed by atoms with Crippen molar-refractivity contribution in [2.24, 2.45) is 17.8 Å². The van der Waals surface area contributed by atoms with Gasteiger partial charge in [-0.15, -0.1) is 0 Å². The van der Waals surface area contributed by atoms with Crippen LogP contribution in [-0.2, 0) is 9.47 Å². The van der Waals surface area contributed by atoms with Crippen LogP contribution in [0.4, 0.5) is 4.79 Å². The third-order valence-corrected chi connectivity index (χ3v) is 5.34. The van der Waals surface area contributed by atoms with E-state index in [9.17, 15) is 4.79 Å². The summed E-state index contributed by atoms with van der Waals surface area (Å²) in [5, 5.41) is 3.04. The van der Waals surface area contributed by atoms with E-state index in [4.69, 9.17) is 9.47 Å². The molecule has 2 saturated heterocycles. The molecule has 0 aromatic rings. The molecule has 1 N–H and O–H groups in total. The molecule has 130 valence electrons. The SMILES string of the molecule is O=C(NCCCOCC1CCOCC1)N1C[C@@H]2CC=CC[C@H]2C1. The van der Waals surface area contributed by atoms with Crippen LogP contribution in [0.15, 0.2) is 12.2 Å². The summed E-state index contributed by atoms with van der Waals surface area (Å²) in [5.74, 6) is 2.00. The van der Waals surface area contributed by atoms with Crippen molar-refractivity contribution in [1.29, 1.82) is 0 Å². The van der Waals surface area contributed by atoms with E-state index in [1.165, 1.54) is 0 Å². The highest BCUT2D eigenvalue weighted by Gasteiger charge is 2.34. The molecule has 0 bridgehead atoms. The number of hydrogen-bond acceptors (Lipinski definition) is 3. The number of ether oxygens (including phenoxy) is 2. The topological polar surface area (TPSA) is 50.8 Å². The fraction of sp³-hybridized carbons (Fsp3) is 0.833. The van der Waals surface area contributed by atoms with Crippen LogP contribution in [0.25, 0.3) is 0 Å². The number of rotatable bonds is 6. The molecule has 2 heterocycles. The Morgan fingerprint density at radius 2 is 1.87 bits per heavy atom. The molecule has 0 saturated carbocycles. The van der Waals surface area contributed by atoms with Crippen LogP contribution < -0.4 is 5.32 Å². The van der Waals surface area contributed by atoms with E-state index < -0.39 is 0 Å². The van der Waals surface area contributed by atoms with Gasteiger partial charge in [-0.3, -0.25) is 0 Å². The molecule has 1 aliphatic carbocycles. The van der Waals surface area contributed by atoms with Crippen molar-refractivity contribution in [1.82, 2.24) is 10.2 Å². The molecule has 5 heteroatoms. The van der Waals surface area contributed by atoms with Crippen molar-refractivity contribution < 1.29 is 14.3 Å². The van der Waals surface area contributed by atoms with Gasteiger partial charge in [-0.05, 0) is 49.9 Å². The second-order valence-corrected chi connectivity index (χ2v) is 7.08. The smallest absolute Gasteiger partial charge is 0.317 e. The summed E-state index contributed by atoms with van der Waals surface area (Å²) in [7, 11) is 0. The maximum atomic E-state index is 12.2. The first kappa shape index (κ1) is 16.8. The van der Waals surface area contributed by atoms with Crippen molar-refractivity contribution in [2.75, 3.05) is 46.1 Å². The first-order valence-corrected chi connectivity index (χ1v) is 9.16. The molecule has 2 amide bonds. The van der Waals surface area contributed by atoms with Gasteiger partial charge >= 0.3 is 6.03 Å². The molecular formula is C18H30N2O3. The molecule has 2 fully saturated rings. The predicted molar refractivity (Wildman–Crippen MR) is 89.3 cm³/mol. The number of amides is 2. The summed E-state index contributed by atoms with van der Waals surface area (Å²) < 4.78 is 11.1. The fourth-order valence-electron chi connectivity index (χ4n) is 3.83. The Hall–Kier alpha value is -1.07. The molecule has 0 radical (unpaired) electrons. The Balaban J connectivity index is 1.22. The van der Waals surface area contributed by atoms with Crippen LogP contribution in [0.2, 0.25) is 0 Å². The van der Waals surface area contributed by atoms with E-state index in [1.54, 1.807) is 0 Å². The average Bonchev–Trinajstić information content (AvgIpc) is 3.03. The highest BCUT2D eigenvalue weighted by molar-refractivity contribution is 5.74. The summed E-state index contributed by atoms with van der Waals surface area (Å²) in [6, 6.07) is 0.101. The lowest BCUT2D eigenvalue weighted by molar-refractivity contribution is 0.0202. The zero-order valence-corrected chi connectivity index (χ0v) is 14.0. The van der Waals surface area contributed by atoms with Gasteiger partial charge in [-0.2, -0.15) is 0 Å². The van der Waals surface area contributed by atoms with Crippen LogP contribution in [-0.4, -0.2) is 57.0 Å². The molecule has 0 spiro atoms. The summed E-state index contributed by atoms with van der Waals surface area (Å²) >= 11 is 0. The summed E-state index contributed by atoms with van der Waals surface area (Å²) in [5.41, 5.74) is 0. The van der Waals surface area contributed by atoms with Crippen LogP contribution in [0.1, 0.15) is 32.1 Å². The molecule has 2 atom stereocenters. The van der Waals surface area contributed by atoms with Crippen molar-refractivity contribution in [3.05, 3.63) is 12.2 Å². The van der Waals surface area contributed by atoms with Crippen LogP contribution in [0.5, 0.6) is 0 Å². The van der Waals surface area contributed by atoms with Gasteiger partial charge < -0.3 is 19.7 Å². The highest BCUT2D eigenvalue weighted by atomic mass is 16.5. The van der Waals surface area contributed by atoms with Gasteiger partial charge in [0.05, 0.1) is 0 Å². The van der Waals surface area contributed by atoms with Gasteiger partial charge in [0, 0.05) is 46.1 Å². The maximum Gasteiger partial charge on any atom is 0.317 e. The molecule has 23 heavy (non-hydrogen) atoms. The van der Waals surface area contributed by atoms with E-state index in [0.29, 0.717) is 24.3 Å². The fourth-order valence-corrected chi connectivity index (χ4v) is 3.83. The molecule has 5 nitrogen and oxygen atoms in total. The van der Waals surface area contributed by atoms with E-state index >= 15 is 0 Å². The van der Waals surface area contributed by atoms with Gasteiger partial charge in [0.1, 0.15) is 0 Å². The Labute approximate surface area is 139 Å². The highest BCUT2D eigenvalue weighted by Crippen LogP contribution is 2.32. The minimum Gasteiger partial charge on any atom is -0.381 e. The number of carbonyl (C=O) groups excluding carboxylic acids is 1. The predicted octanol–water partition coefficient (Wildman–Crippen LogP) is 2.43. The zero-order chi connectivity index (χ0) is 15.9. The Kier molecular flexibility index (Phi) is 6.34. The van der Waals surface area contributed by atoms with Crippen molar-refractivity contribution in [3.8, 4) is 0 Å². The first-order chi connectivity index (χ1) is 11.3. The third-order valence-electron chi connectivity index (χ3n) is 5.34. The van der Waals surface area contributed by atoms with Gasteiger partial charge in [0.15, 0.2) is 0 Å². The van der Waals surface area contributed by atoms with Gasteiger partial charge in [0.2, 0.25) is 0 Å². The first-order valence-electron chi connectivity index (χ1n) is 9.16. The normalized spacial score (nSPS) is 27.9. The van der Waals surface area contributed by atoms with Gasteiger partial charge in [-0.1, -0.05) is 12.2 Å². The van der Waals surface area contributed by atoms with E-state index in [1.807, 2.05) is 4.90 Å². The summed E-state index contributed by atoms with van der Waals surface area (Å²) in [6.07, 6.45) is 9.91. The van der Waals surface area contributed by atoms with E-state index in [2.05, 4.69) is 17.5 Å². The quantitative estimate of drug-likeness (QED) is 0.603. The second-order valence-electron chi connectivity index (χ2n) is 7.08. The largest absolute Gasteiger partial charge is 0.381 e. The standard InChI is InChI=1S/C18H30N2O3/c21-18(20-12-16-4-1-2-5-17(16)13-20)19-8-3-9-23-14-15-6-10-22-11-7-15/h1-2,15-17H,3-14H2,(H,19,21)/t16-,17-/m0/s1. The minimum absolute atomic E-state index is 0.101. The minimum atomic E-state index is 0.101. The molecule has 0 unspecified atom stereocenters.